The number of aromatic carboxylic acids is 1. The first-order valence-electron chi connectivity index (χ1n) is 5.38. The maximum absolute atomic E-state index is 14.1. The second-order valence-electron chi connectivity index (χ2n) is 3.77. The van der Waals surface area contributed by atoms with Crippen LogP contribution in [0.2, 0.25) is 0 Å². The zero-order valence-corrected chi connectivity index (χ0v) is 11.0. The lowest BCUT2D eigenvalue weighted by Crippen LogP contribution is -2.05. The first-order chi connectivity index (χ1) is 9.45. The third kappa shape index (κ3) is 2.49. The van der Waals surface area contributed by atoms with Gasteiger partial charge in [0.1, 0.15) is 28.8 Å². The van der Waals surface area contributed by atoms with Gasteiger partial charge in [-0.1, -0.05) is 0 Å². The second-order valence-corrected chi connectivity index (χ2v) is 4.62. The van der Waals surface area contributed by atoms with E-state index in [1.54, 1.807) is 6.26 Å². The molecule has 0 saturated heterocycles. The van der Waals surface area contributed by atoms with Crippen LogP contribution >= 0.6 is 11.8 Å². The van der Waals surface area contributed by atoms with Gasteiger partial charge < -0.3 is 5.11 Å². The Balaban J connectivity index is 2.74. The van der Waals surface area contributed by atoms with Gasteiger partial charge in [0, 0.05) is 4.90 Å². The first kappa shape index (κ1) is 14.4. The van der Waals surface area contributed by atoms with Gasteiger partial charge in [0.2, 0.25) is 0 Å². The average molecular weight is 299 g/mol. The number of hydrogen-bond donors (Lipinski definition) is 1. The fourth-order valence-electron chi connectivity index (χ4n) is 1.64. The van der Waals surface area contributed by atoms with Gasteiger partial charge in [-0.05, 0) is 30.5 Å². The number of carbonyl (C=O) groups is 1. The molecule has 3 nitrogen and oxygen atoms in total. The maximum atomic E-state index is 14.1. The van der Waals surface area contributed by atoms with Crippen LogP contribution in [0.15, 0.2) is 29.2 Å². The molecule has 2 aromatic rings. The molecule has 0 fully saturated rings. The van der Waals surface area contributed by atoms with Crippen molar-refractivity contribution in [1.29, 1.82) is 0 Å². The van der Waals surface area contributed by atoms with Crippen molar-refractivity contribution >= 4 is 17.7 Å². The van der Waals surface area contributed by atoms with Crippen LogP contribution in [-0.4, -0.2) is 22.3 Å². The Morgan fingerprint density at radius 3 is 2.40 bits per heavy atom. The Bertz CT molecular complexity index is 692. The van der Waals surface area contributed by atoms with Gasteiger partial charge in [0.15, 0.2) is 0 Å². The van der Waals surface area contributed by atoms with Crippen LogP contribution in [0.1, 0.15) is 10.5 Å². The van der Waals surface area contributed by atoms with E-state index in [0.29, 0.717) is 0 Å². The summed E-state index contributed by atoms with van der Waals surface area (Å²) in [7, 11) is 0. The van der Waals surface area contributed by atoms with Gasteiger partial charge in [-0.15, -0.1) is 11.8 Å². The molecule has 0 amide bonds. The summed E-state index contributed by atoms with van der Waals surface area (Å²) in [5, 5.41) is 8.81. The summed E-state index contributed by atoms with van der Waals surface area (Å²) in [4.78, 5) is 14.4. The van der Waals surface area contributed by atoms with Crippen LogP contribution in [0.5, 0.6) is 0 Å². The minimum atomic E-state index is -1.41. The number of carboxylic acids is 1. The molecule has 0 aliphatic rings. The molecule has 1 aromatic carbocycles. The number of nitrogens with zero attached hydrogens (tertiary/aromatic N) is 1. The monoisotopic (exact) mass is 299 g/mol. The third-order valence-electron chi connectivity index (χ3n) is 2.58. The van der Waals surface area contributed by atoms with Gasteiger partial charge in [0.25, 0.3) is 0 Å². The highest BCUT2D eigenvalue weighted by Gasteiger charge is 2.21. The van der Waals surface area contributed by atoms with Crippen molar-refractivity contribution in [3.05, 3.63) is 47.4 Å². The zero-order chi connectivity index (χ0) is 14.9. The van der Waals surface area contributed by atoms with Crippen molar-refractivity contribution in [1.82, 2.24) is 4.98 Å². The zero-order valence-electron chi connectivity index (χ0n) is 10.2. The van der Waals surface area contributed by atoms with Crippen molar-refractivity contribution in [2.24, 2.45) is 0 Å². The third-order valence-corrected chi connectivity index (χ3v) is 3.33. The Kier molecular flexibility index (Phi) is 3.99. The molecule has 1 heterocycles. The molecule has 0 atom stereocenters. The van der Waals surface area contributed by atoms with Gasteiger partial charge in [-0.3, -0.25) is 0 Å². The predicted octanol–water partition coefficient (Wildman–Crippen LogP) is 3.59. The van der Waals surface area contributed by atoms with E-state index in [0.717, 1.165) is 30.0 Å². The maximum Gasteiger partial charge on any atom is 0.354 e. The van der Waals surface area contributed by atoms with Crippen LogP contribution in [0.4, 0.5) is 13.2 Å². The van der Waals surface area contributed by atoms with Crippen molar-refractivity contribution in [3.63, 3.8) is 0 Å². The summed E-state index contributed by atoms with van der Waals surface area (Å²) in [6.07, 6.45) is 1.58. The van der Waals surface area contributed by atoms with Crippen molar-refractivity contribution in [2.75, 3.05) is 6.26 Å². The minimum Gasteiger partial charge on any atom is -0.477 e. The molecule has 0 aliphatic carbocycles. The summed E-state index contributed by atoms with van der Waals surface area (Å²) in [6.45, 7) is 0. The molecule has 0 unspecified atom stereocenters. The standard InChI is InChI=1S/C13H8F3NO2S/c1-20-9-5-3-6(14)10(11(9)16)12-7(15)2-4-8(17-12)13(18)19/h2-5H,1H3,(H,18,19). The van der Waals surface area contributed by atoms with Crippen molar-refractivity contribution in [3.8, 4) is 11.3 Å². The molecule has 0 aliphatic heterocycles. The van der Waals surface area contributed by atoms with Gasteiger partial charge >= 0.3 is 5.97 Å². The van der Waals surface area contributed by atoms with Gasteiger partial charge in [-0.2, -0.15) is 0 Å². The molecule has 2 rings (SSSR count). The van der Waals surface area contributed by atoms with Crippen LogP contribution in [0, 0.1) is 17.5 Å². The lowest BCUT2D eigenvalue weighted by molar-refractivity contribution is 0.0690. The largest absolute Gasteiger partial charge is 0.477 e. The highest BCUT2D eigenvalue weighted by Crippen LogP contribution is 2.32. The number of pyridine rings is 1. The lowest BCUT2D eigenvalue weighted by atomic mass is 10.1. The van der Waals surface area contributed by atoms with E-state index < -0.39 is 40.4 Å². The van der Waals surface area contributed by atoms with Crippen molar-refractivity contribution in [2.45, 2.75) is 4.90 Å². The molecule has 1 aromatic heterocycles. The van der Waals surface area contributed by atoms with E-state index in [9.17, 15) is 18.0 Å². The lowest BCUT2D eigenvalue weighted by Gasteiger charge is -2.09. The smallest absolute Gasteiger partial charge is 0.354 e. The molecule has 0 bridgehead atoms. The Labute approximate surface area is 116 Å². The number of benzene rings is 1. The van der Waals surface area contributed by atoms with E-state index in [1.165, 1.54) is 6.07 Å². The molecular formula is C13H8F3NO2S. The molecule has 1 N–H and O–H groups in total. The predicted molar refractivity (Wildman–Crippen MR) is 68.3 cm³/mol. The molecule has 20 heavy (non-hydrogen) atoms. The van der Waals surface area contributed by atoms with Crippen LogP contribution in [0.3, 0.4) is 0 Å². The molecule has 0 saturated carbocycles. The average Bonchev–Trinajstić information content (AvgIpc) is 2.40. The number of aromatic nitrogens is 1. The van der Waals surface area contributed by atoms with Crippen LogP contribution in [-0.2, 0) is 0 Å². The highest BCUT2D eigenvalue weighted by molar-refractivity contribution is 7.98. The van der Waals surface area contributed by atoms with Crippen LogP contribution in [0.25, 0.3) is 11.3 Å². The number of hydrogen-bond acceptors (Lipinski definition) is 3. The fourth-order valence-corrected chi connectivity index (χ4v) is 2.13. The number of thioether (sulfide) groups is 1. The molecule has 104 valence electrons. The van der Waals surface area contributed by atoms with Crippen LogP contribution < -0.4 is 0 Å². The van der Waals surface area contributed by atoms with E-state index in [4.69, 9.17) is 5.11 Å². The molecule has 0 spiro atoms. The number of halogens is 3. The number of rotatable bonds is 3. The topological polar surface area (TPSA) is 50.2 Å². The summed E-state index contributed by atoms with van der Waals surface area (Å²) in [6, 6.07) is 3.95. The Morgan fingerprint density at radius 2 is 1.80 bits per heavy atom. The van der Waals surface area contributed by atoms with Gasteiger partial charge in [-0.25, -0.2) is 22.9 Å². The van der Waals surface area contributed by atoms with E-state index >= 15 is 0 Å². The molecular weight excluding hydrogens is 291 g/mol. The molecule has 7 heteroatoms. The fraction of sp³-hybridized carbons (Fsp3) is 0.0769. The van der Waals surface area contributed by atoms with E-state index in [1.807, 2.05) is 0 Å². The SMILES string of the molecule is CSc1ccc(F)c(-c2nc(C(=O)O)ccc2F)c1F. The quantitative estimate of drug-likeness (QED) is 0.880. The number of carboxylic acid groups (broad SMARTS) is 1. The summed E-state index contributed by atoms with van der Waals surface area (Å²) < 4.78 is 41.6. The van der Waals surface area contributed by atoms with Crippen molar-refractivity contribution < 1.29 is 23.1 Å². The highest BCUT2D eigenvalue weighted by atomic mass is 32.2. The van der Waals surface area contributed by atoms with E-state index in [2.05, 4.69) is 4.98 Å². The molecule has 0 radical (unpaired) electrons. The Hall–Kier alpha value is -2.02. The van der Waals surface area contributed by atoms with E-state index in [-0.39, 0.29) is 4.90 Å². The summed E-state index contributed by atoms with van der Waals surface area (Å²) in [5.74, 6) is -4.38. The minimum absolute atomic E-state index is 0.114. The summed E-state index contributed by atoms with van der Waals surface area (Å²) >= 11 is 1.02. The Morgan fingerprint density at radius 1 is 1.15 bits per heavy atom. The van der Waals surface area contributed by atoms with Gasteiger partial charge in [0.05, 0.1) is 5.56 Å². The normalized spacial score (nSPS) is 10.6. The first-order valence-corrected chi connectivity index (χ1v) is 6.60. The second kappa shape index (κ2) is 5.54. The summed E-state index contributed by atoms with van der Waals surface area (Å²) in [5.41, 5.74) is -1.82.